The van der Waals surface area contributed by atoms with E-state index in [-0.39, 0.29) is 17.8 Å². The highest BCUT2D eigenvalue weighted by atomic mass is 19.1. The van der Waals surface area contributed by atoms with E-state index in [0.29, 0.717) is 25.7 Å². The molecule has 1 aromatic carbocycles. The monoisotopic (exact) mass is 306 g/mol. The second-order valence-corrected chi connectivity index (χ2v) is 6.20. The van der Waals surface area contributed by atoms with Crippen LogP contribution in [0.4, 0.5) is 4.39 Å². The van der Waals surface area contributed by atoms with Gasteiger partial charge < -0.3 is 10.1 Å². The van der Waals surface area contributed by atoms with Crippen molar-refractivity contribution in [3.05, 3.63) is 35.6 Å². The number of hydrogen-bond donors (Lipinski definition) is 1. The molecule has 1 atom stereocenters. The molecule has 1 unspecified atom stereocenters. The number of benzene rings is 1. The molecule has 2 aliphatic rings. The molecule has 1 heterocycles. The van der Waals surface area contributed by atoms with Gasteiger partial charge in [-0.1, -0.05) is 12.1 Å². The van der Waals surface area contributed by atoms with Gasteiger partial charge >= 0.3 is 0 Å². The second kappa shape index (κ2) is 7.20. The summed E-state index contributed by atoms with van der Waals surface area (Å²) in [4.78, 5) is 14.3. The van der Waals surface area contributed by atoms with E-state index in [2.05, 4.69) is 10.2 Å². The molecule has 1 aliphatic carbocycles. The number of nitrogens with zero attached hydrogens (tertiary/aromatic N) is 1. The van der Waals surface area contributed by atoms with Gasteiger partial charge in [-0.15, -0.1) is 0 Å². The zero-order valence-electron chi connectivity index (χ0n) is 12.8. The number of amides is 1. The SMILES string of the molecule is O=C(CN(Cc1ccc(F)cc1)C1CC1)NCC1CCCO1. The van der Waals surface area contributed by atoms with Crippen LogP contribution in [0, 0.1) is 5.82 Å². The van der Waals surface area contributed by atoms with Gasteiger partial charge in [-0.3, -0.25) is 9.69 Å². The predicted octanol–water partition coefficient (Wildman–Crippen LogP) is 2.09. The molecule has 0 bridgehead atoms. The van der Waals surface area contributed by atoms with Gasteiger partial charge in [0, 0.05) is 25.7 Å². The lowest BCUT2D eigenvalue weighted by molar-refractivity contribution is -0.123. The van der Waals surface area contributed by atoms with Crippen LogP contribution >= 0.6 is 0 Å². The van der Waals surface area contributed by atoms with Crippen LogP contribution in [0.1, 0.15) is 31.2 Å². The first-order valence-electron chi connectivity index (χ1n) is 8.07. The zero-order chi connectivity index (χ0) is 15.4. The van der Waals surface area contributed by atoms with Crippen molar-refractivity contribution in [3.8, 4) is 0 Å². The number of carbonyl (C=O) groups is 1. The third-order valence-electron chi connectivity index (χ3n) is 4.26. The lowest BCUT2D eigenvalue weighted by Gasteiger charge is -2.22. The van der Waals surface area contributed by atoms with Gasteiger partial charge in [-0.2, -0.15) is 0 Å². The molecule has 4 nitrogen and oxygen atoms in total. The largest absolute Gasteiger partial charge is 0.376 e. The third kappa shape index (κ3) is 4.52. The third-order valence-corrected chi connectivity index (χ3v) is 4.26. The summed E-state index contributed by atoms with van der Waals surface area (Å²) < 4.78 is 18.5. The number of nitrogens with one attached hydrogen (secondary N) is 1. The highest BCUT2D eigenvalue weighted by Crippen LogP contribution is 2.28. The van der Waals surface area contributed by atoms with Gasteiger partial charge in [0.1, 0.15) is 5.82 Å². The lowest BCUT2D eigenvalue weighted by Crippen LogP contribution is -2.40. The van der Waals surface area contributed by atoms with Crippen molar-refractivity contribution >= 4 is 5.91 Å². The second-order valence-electron chi connectivity index (χ2n) is 6.20. The maximum Gasteiger partial charge on any atom is 0.234 e. The summed E-state index contributed by atoms with van der Waals surface area (Å²) in [6.07, 6.45) is 4.57. The van der Waals surface area contributed by atoms with Crippen molar-refractivity contribution < 1.29 is 13.9 Å². The Kier molecular flexibility index (Phi) is 5.05. The average molecular weight is 306 g/mol. The molecule has 0 radical (unpaired) electrons. The molecule has 0 aromatic heterocycles. The Hall–Kier alpha value is -1.46. The fraction of sp³-hybridized carbons (Fsp3) is 0.588. The van der Waals surface area contributed by atoms with Crippen molar-refractivity contribution in [1.82, 2.24) is 10.2 Å². The summed E-state index contributed by atoms with van der Waals surface area (Å²) in [6.45, 7) is 2.50. The number of rotatable bonds is 7. The van der Waals surface area contributed by atoms with Crippen molar-refractivity contribution in [2.45, 2.75) is 44.4 Å². The lowest BCUT2D eigenvalue weighted by atomic mass is 10.2. The molecule has 2 fully saturated rings. The van der Waals surface area contributed by atoms with E-state index in [4.69, 9.17) is 4.74 Å². The molecular weight excluding hydrogens is 283 g/mol. The van der Waals surface area contributed by atoms with Crippen LogP contribution < -0.4 is 5.32 Å². The van der Waals surface area contributed by atoms with Crippen LogP contribution in [0.3, 0.4) is 0 Å². The molecule has 1 saturated carbocycles. The molecule has 1 aliphatic heterocycles. The predicted molar refractivity (Wildman–Crippen MR) is 81.8 cm³/mol. The maximum atomic E-state index is 13.0. The van der Waals surface area contributed by atoms with Crippen molar-refractivity contribution in [2.24, 2.45) is 0 Å². The number of halogens is 1. The van der Waals surface area contributed by atoms with E-state index in [0.717, 1.165) is 37.9 Å². The highest BCUT2D eigenvalue weighted by Gasteiger charge is 2.30. The number of carbonyl (C=O) groups excluding carboxylic acids is 1. The fourth-order valence-corrected chi connectivity index (χ4v) is 2.85. The highest BCUT2D eigenvalue weighted by molar-refractivity contribution is 5.78. The van der Waals surface area contributed by atoms with E-state index in [1.807, 2.05) is 0 Å². The number of ether oxygens (including phenoxy) is 1. The van der Waals surface area contributed by atoms with Crippen molar-refractivity contribution in [3.63, 3.8) is 0 Å². The number of hydrogen-bond acceptors (Lipinski definition) is 3. The molecule has 0 spiro atoms. The Balaban J connectivity index is 1.48. The van der Waals surface area contributed by atoms with E-state index in [9.17, 15) is 9.18 Å². The van der Waals surface area contributed by atoms with Gasteiger partial charge in [0.15, 0.2) is 0 Å². The standard InChI is InChI=1S/C17H23FN2O2/c18-14-5-3-13(4-6-14)11-20(15-7-8-15)12-17(21)19-10-16-2-1-9-22-16/h3-6,15-16H,1-2,7-12H2,(H,19,21). The van der Waals surface area contributed by atoms with Crippen molar-refractivity contribution in [2.75, 3.05) is 19.7 Å². The van der Waals surface area contributed by atoms with Crippen LogP contribution in [0.2, 0.25) is 0 Å². The topological polar surface area (TPSA) is 41.6 Å². The summed E-state index contributed by atoms with van der Waals surface area (Å²) in [5.74, 6) is -0.180. The van der Waals surface area contributed by atoms with E-state index in [1.165, 1.54) is 12.1 Å². The minimum atomic E-state index is -0.226. The van der Waals surface area contributed by atoms with Gasteiger partial charge in [-0.25, -0.2) is 4.39 Å². The summed E-state index contributed by atoms with van der Waals surface area (Å²) in [5, 5.41) is 2.97. The zero-order valence-corrected chi connectivity index (χ0v) is 12.8. The van der Waals surface area contributed by atoms with Crippen LogP contribution in [-0.4, -0.2) is 42.6 Å². The summed E-state index contributed by atoms with van der Waals surface area (Å²) in [7, 11) is 0. The van der Waals surface area contributed by atoms with Crippen LogP contribution in [-0.2, 0) is 16.1 Å². The minimum Gasteiger partial charge on any atom is -0.376 e. The first kappa shape index (κ1) is 15.4. The molecule has 1 aromatic rings. The normalized spacial score (nSPS) is 21.3. The summed E-state index contributed by atoms with van der Waals surface area (Å²) in [6, 6.07) is 7.00. The van der Waals surface area contributed by atoms with E-state index >= 15 is 0 Å². The van der Waals surface area contributed by atoms with E-state index < -0.39 is 0 Å². The molecule has 22 heavy (non-hydrogen) atoms. The minimum absolute atomic E-state index is 0.0458. The van der Waals surface area contributed by atoms with Crippen LogP contribution in [0.5, 0.6) is 0 Å². The Labute approximate surface area is 130 Å². The first-order chi connectivity index (χ1) is 10.7. The summed E-state index contributed by atoms with van der Waals surface area (Å²) >= 11 is 0. The first-order valence-corrected chi connectivity index (χ1v) is 8.07. The Morgan fingerprint density at radius 1 is 1.27 bits per heavy atom. The van der Waals surface area contributed by atoms with E-state index in [1.54, 1.807) is 12.1 Å². The quantitative estimate of drug-likeness (QED) is 0.838. The molecule has 120 valence electrons. The smallest absolute Gasteiger partial charge is 0.234 e. The maximum absolute atomic E-state index is 13.0. The molecule has 3 rings (SSSR count). The molecule has 5 heteroatoms. The van der Waals surface area contributed by atoms with Gasteiger partial charge in [-0.05, 0) is 43.4 Å². The molecule has 1 N–H and O–H groups in total. The fourth-order valence-electron chi connectivity index (χ4n) is 2.85. The summed E-state index contributed by atoms with van der Waals surface area (Å²) in [5.41, 5.74) is 1.04. The Bertz CT molecular complexity index is 496. The molecule has 1 saturated heterocycles. The van der Waals surface area contributed by atoms with Crippen LogP contribution in [0.15, 0.2) is 24.3 Å². The van der Waals surface area contributed by atoms with Gasteiger partial charge in [0.2, 0.25) is 5.91 Å². The van der Waals surface area contributed by atoms with Crippen LogP contribution in [0.25, 0.3) is 0 Å². The molecule has 1 amide bonds. The Morgan fingerprint density at radius 2 is 2.05 bits per heavy atom. The van der Waals surface area contributed by atoms with Crippen molar-refractivity contribution in [1.29, 1.82) is 0 Å². The average Bonchev–Trinajstić information content (AvgIpc) is 3.23. The van der Waals surface area contributed by atoms with Gasteiger partial charge in [0.25, 0.3) is 0 Å². The molecular formula is C17H23FN2O2. The van der Waals surface area contributed by atoms with Gasteiger partial charge in [0.05, 0.1) is 12.6 Å². The Morgan fingerprint density at radius 3 is 2.68 bits per heavy atom.